The molecule has 0 saturated heterocycles. The Morgan fingerprint density at radius 2 is 2.18 bits per heavy atom. The van der Waals surface area contributed by atoms with Crippen molar-refractivity contribution >= 4 is 5.88 Å². The first kappa shape index (κ1) is 5.96. The van der Waals surface area contributed by atoms with Crippen LogP contribution in [0.4, 0.5) is 5.88 Å². The van der Waals surface area contributed by atoms with E-state index in [0.29, 0.717) is 11.4 Å². The Labute approximate surface area is 61.8 Å². The molecule has 0 saturated carbocycles. The average molecular weight is 151 g/mol. The highest BCUT2D eigenvalue weighted by molar-refractivity contribution is 5.55. The maximum absolute atomic E-state index is 5.30. The Kier molecular flexibility index (Phi) is 1.15. The second-order valence-corrected chi connectivity index (χ2v) is 2.00. The number of rotatable bonds is 1. The summed E-state index contributed by atoms with van der Waals surface area (Å²) in [6.45, 7) is 0. The first-order valence-corrected chi connectivity index (χ1v) is 2.99. The molecule has 5 nitrogen and oxygen atoms in total. The molecule has 0 aliphatic carbocycles. The summed E-state index contributed by atoms with van der Waals surface area (Å²) in [5, 5.41) is 7.28. The van der Waals surface area contributed by atoms with E-state index in [2.05, 4.69) is 19.4 Å². The normalized spacial score (nSPS) is 10.2. The summed E-state index contributed by atoms with van der Waals surface area (Å²) in [7, 11) is 0. The predicted molar refractivity (Wildman–Crippen MR) is 36.4 cm³/mol. The van der Waals surface area contributed by atoms with Gasteiger partial charge in [0.1, 0.15) is 17.7 Å². The lowest BCUT2D eigenvalue weighted by Gasteiger charge is -1.78. The molecule has 0 bridgehead atoms. The van der Waals surface area contributed by atoms with Gasteiger partial charge in [0.05, 0.1) is 0 Å². The van der Waals surface area contributed by atoms with Gasteiger partial charge < -0.3 is 14.8 Å². The van der Waals surface area contributed by atoms with Crippen molar-refractivity contribution in [1.29, 1.82) is 0 Å². The van der Waals surface area contributed by atoms with Gasteiger partial charge in [0.25, 0.3) is 0 Å². The summed E-state index contributed by atoms with van der Waals surface area (Å²) in [5.41, 5.74) is 6.49. The van der Waals surface area contributed by atoms with Gasteiger partial charge in [0.2, 0.25) is 5.88 Å². The molecule has 0 aromatic carbocycles. The minimum Gasteiger partial charge on any atom is -0.368 e. The van der Waals surface area contributed by atoms with Crippen molar-refractivity contribution in [2.75, 3.05) is 5.73 Å². The van der Waals surface area contributed by atoms with Crippen molar-refractivity contribution in [1.82, 2.24) is 10.3 Å². The molecule has 2 aromatic heterocycles. The van der Waals surface area contributed by atoms with E-state index in [0.717, 1.165) is 0 Å². The van der Waals surface area contributed by atoms with E-state index < -0.39 is 0 Å². The largest absolute Gasteiger partial charge is 0.368 e. The molecule has 0 amide bonds. The molecule has 2 N–H and O–H groups in total. The van der Waals surface area contributed by atoms with Crippen molar-refractivity contribution < 1.29 is 9.05 Å². The van der Waals surface area contributed by atoms with E-state index in [1.54, 1.807) is 12.1 Å². The van der Waals surface area contributed by atoms with Gasteiger partial charge in [0.15, 0.2) is 0 Å². The quantitative estimate of drug-likeness (QED) is 0.655. The molecule has 56 valence electrons. The van der Waals surface area contributed by atoms with Crippen molar-refractivity contribution in [3.63, 3.8) is 0 Å². The summed E-state index contributed by atoms with van der Waals surface area (Å²) in [4.78, 5) is 0. The fourth-order valence-corrected chi connectivity index (χ4v) is 0.755. The Morgan fingerprint density at radius 1 is 1.27 bits per heavy atom. The lowest BCUT2D eigenvalue weighted by Crippen LogP contribution is -1.76. The van der Waals surface area contributed by atoms with Crippen LogP contribution in [0, 0.1) is 0 Å². The first-order chi connectivity index (χ1) is 5.36. The zero-order valence-electron chi connectivity index (χ0n) is 5.52. The summed E-state index contributed by atoms with van der Waals surface area (Å²) < 4.78 is 9.24. The van der Waals surface area contributed by atoms with Crippen LogP contribution in [0.25, 0.3) is 11.4 Å². The van der Waals surface area contributed by atoms with Crippen LogP contribution in [-0.2, 0) is 0 Å². The van der Waals surface area contributed by atoms with E-state index in [1.165, 1.54) is 6.26 Å². The van der Waals surface area contributed by atoms with E-state index in [1.807, 2.05) is 0 Å². The number of anilines is 1. The fourth-order valence-electron chi connectivity index (χ4n) is 0.755. The van der Waals surface area contributed by atoms with Crippen LogP contribution >= 0.6 is 0 Å². The second-order valence-electron chi connectivity index (χ2n) is 2.00. The van der Waals surface area contributed by atoms with Gasteiger partial charge in [-0.05, 0) is 0 Å². The van der Waals surface area contributed by atoms with E-state index in [-0.39, 0.29) is 5.88 Å². The number of nitrogens with zero attached hydrogens (tertiary/aromatic N) is 2. The zero-order valence-corrected chi connectivity index (χ0v) is 5.52. The molecular formula is C6H5N3O2. The molecule has 2 rings (SSSR count). The van der Waals surface area contributed by atoms with Gasteiger partial charge in [-0.15, -0.1) is 0 Å². The standard InChI is InChI=1S/C6H5N3O2/c7-6-3-5(9-11-6)4-1-2-10-8-4/h1-3H,7H2. The van der Waals surface area contributed by atoms with E-state index in [9.17, 15) is 0 Å². The molecular weight excluding hydrogens is 146 g/mol. The van der Waals surface area contributed by atoms with Crippen LogP contribution in [-0.4, -0.2) is 10.3 Å². The monoisotopic (exact) mass is 151 g/mol. The summed E-state index contributed by atoms with van der Waals surface area (Å²) >= 11 is 0. The topological polar surface area (TPSA) is 78.1 Å². The molecule has 5 heteroatoms. The summed E-state index contributed by atoms with van der Waals surface area (Å²) in [5.74, 6) is 0.267. The highest BCUT2D eigenvalue weighted by atomic mass is 16.5. The van der Waals surface area contributed by atoms with Gasteiger partial charge in [-0.3, -0.25) is 0 Å². The predicted octanol–water partition coefficient (Wildman–Crippen LogP) is 0.912. The molecule has 0 fully saturated rings. The number of hydrogen-bond acceptors (Lipinski definition) is 5. The lowest BCUT2D eigenvalue weighted by molar-refractivity contribution is 0.418. The lowest BCUT2D eigenvalue weighted by atomic mass is 10.3. The first-order valence-electron chi connectivity index (χ1n) is 2.99. The Bertz CT molecular complexity index is 338. The van der Waals surface area contributed by atoms with Crippen LogP contribution in [0.5, 0.6) is 0 Å². The number of hydrogen-bond donors (Lipinski definition) is 1. The maximum atomic E-state index is 5.30. The van der Waals surface area contributed by atoms with Crippen LogP contribution in [0.2, 0.25) is 0 Å². The molecule has 0 unspecified atom stereocenters. The van der Waals surface area contributed by atoms with Crippen molar-refractivity contribution in [2.45, 2.75) is 0 Å². The number of nitrogen functional groups attached to an aromatic ring is 1. The molecule has 2 aromatic rings. The van der Waals surface area contributed by atoms with Gasteiger partial charge in [0, 0.05) is 12.1 Å². The van der Waals surface area contributed by atoms with Gasteiger partial charge in [-0.2, -0.15) is 0 Å². The zero-order chi connectivity index (χ0) is 7.68. The molecule has 11 heavy (non-hydrogen) atoms. The third-order valence-corrected chi connectivity index (χ3v) is 1.23. The molecule has 0 aliphatic rings. The third-order valence-electron chi connectivity index (χ3n) is 1.23. The maximum Gasteiger partial charge on any atom is 0.222 e. The van der Waals surface area contributed by atoms with Crippen LogP contribution in [0.1, 0.15) is 0 Å². The van der Waals surface area contributed by atoms with Crippen LogP contribution < -0.4 is 5.73 Å². The fraction of sp³-hybridized carbons (Fsp3) is 0. The van der Waals surface area contributed by atoms with Crippen molar-refractivity contribution in [3.8, 4) is 11.4 Å². The second kappa shape index (κ2) is 2.12. The minimum atomic E-state index is 0.267. The average Bonchev–Trinajstić information content (AvgIpc) is 2.55. The van der Waals surface area contributed by atoms with Gasteiger partial charge in [-0.25, -0.2) is 0 Å². The Hall–Kier alpha value is -1.78. The smallest absolute Gasteiger partial charge is 0.222 e. The number of nitrogens with two attached hydrogens (primary N) is 1. The number of aromatic nitrogens is 2. The highest BCUT2D eigenvalue weighted by Crippen LogP contribution is 2.16. The van der Waals surface area contributed by atoms with E-state index in [4.69, 9.17) is 5.73 Å². The van der Waals surface area contributed by atoms with Crippen molar-refractivity contribution in [2.24, 2.45) is 0 Å². The molecule has 0 spiro atoms. The Morgan fingerprint density at radius 3 is 2.73 bits per heavy atom. The van der Waals surface area contributed by atoms with E-state index >= 15 is 0 Å². The van der Waals surface area contributed by atoms with Crippen LogP contribution in [0.15, 0.2) is 27.4 Å². The molecule has 0 radical (unpaired) electrons. The summed E-state index contributed by atoms with van der Waals surface area (Å²) in [6.07, 6.45) is 1.46. The third kappa shape index (κ3) is 0.958. The summed E-state index contributed by atoms with van der Waals surface area (Å²) in [6, 6.07) is 3.26. The molecule has 0 aliphatic heterocycles. The van der Waals surface area contributed by atoms with Crippen molar-refractivity contribution in [3.05, 3.63) is 18.4 Å². The minimum absolute atomic E-state index is 0.267. The molecule has 2 heterocycles. The van der Waals surface area contributed by atoms with Crippen LogP contribution in [0.3, 0.4) is 0 Å². The highest BCUT2D eigenvalue weighted by Gasteiger charge is 2.05. The SMILES string of the molecule is Nc1cc(-c2ccon2)no1. The molecule has 0 atom stereocenters. The Balaban J connectivity index is 2.45. The van der Waals surface area contributed by atoms with Gasteiger partial charge >= 0.3 is 0 Å². The van der Waals surface area contributed by atoms with Gasteiger partial charge in [-0.1, -0.05) is 10.3 Å².